The monoisotopic (exact) mass is 340 g/mol. The van der Waals surface area contributed by atoms with Gasteiger partial charge in [-0.05, 0) is 26.0 Å². The first-order chi connectivity index (χ1) is 10.6. The van der Waals surface area contributed by atoms with Gasteiger partial charge in [-0.15, -0.1) is 5.11 Å². The number of thioether (sulfide) groups is 1. The highest BCUT2D eigenvalue weighted by atomic mass is 35.5. The summed E-state index contributed by atoms with van der Waals surface area (Å²) in [4.78, 5) is 13.2. The van der Waals surface area contributed by atoms with Crippen LogP contribution in [-0.2, 0) is 4.79 Å². The van der Waals surface area contributed by atoms with Crippen LogP contribution in [-0.4, -0.2) is 30.0 Å². The van der Waals surface area contributed by atoms with Gasteiger partial charge in [0.25, 0.3) is 0 Å². The van der Waals surface area contributed by atoms with Gasteiger partial charge >= 0.3 is 0 Å². The van der Waals surface area contributed by atoms with E-state index in [0.29, 0.717) is 16.9 Å². The fourth-order valence-corrected chi connectivity index (χ4v) is 3.09. The van der Waals surface area contributed by atoms with Crippen LogP contribution in [0.25, 0.3) is 0 Å². The molecule has 1 aliphatic heterocycles. The maximum absolute atomic E-state index is 10.7. The zero-order valence-electron chi connectivity index (χ0n) is 12.3. The number of hydrogen-bond donors (Lipinski definition) is 2. The zero-order chi connectivity index (χ0) is 16.1. The van der Waals surface area contributed by atoms with E-state index in [4.69, 9.17) is 11.6 Å². The highest BCUT2D eigenvalue weighted by Gasteiger charge is 2.22. The lowest BCUT2D eigenvalue weighted by molar-refractivity contribution is -0.104. The van der Waals surface area contributed by atoms with Crippen molar-refractivity contribution in [1.82, 2.24) is 5.32 Å². The summed E-state index contributed by atoms with van der Waals surface area (Å²) in [5, 5.41) is 21.2. The number of carbonyl (C=O) groups is 1. The van der Waals surface area contributed by atoms with Gasteiger partial charge in [-0.25, -0.2) is 0 Å². The zero-order valence-corrected chi connectivity index (χ0v) is 13.9. The Hall–Kier alpha value is -1.73. The van der Waals surface area contributed by atoms with Gasteiger partial charge in [0, 0.05) is 24.8 Å². The quantitative estimate of drug-likeness (QED) is 0.470. The van der Waals surface area contributed by atoms with Crippen LogP contribution >= 0.6 is 23.4 Å². The number of halogens is 1. The van der Waals surface area contributed by atoms with E-state index >= 15 is 0 Å². The molecular weight excluding hydrogens is 324 g/mol. The Morgan fingerprint density at radius 2 is 2.18 bits per heavy atom. The summed E-state index contributed by atoms with van der Waals surface area (Å²) in [6.45, 7) is 5.83. The Morgan fingerprint density at radius 1 is 1.45 bits per heavy atom. The highest BCUT2D eigenvalue weighted by Crippen LogP contribution is 2.34. The second-order valence-electron chi connectivity index (χ2n) is 4.47. The lowest BCUT2D eigenvalue weighted by Gasteiger charge is -2.21. The molecule has 22 heavy (non-hydrogen) atoms. The van der Waals surface area contributed by atoms with Crippen molar-refractivity contribution in [3.05, 3.63) is 28.3 Å². The van der Waals surface area contributed by atoms with E-state index in [2.05, 4.69) is 34.3 Å². The number of allylic oxidation sites excluding steroid dienone is 1. The first kappa shape index (κ1) is 16.6. The minimum atomic E-state index is -0.463. The van der Waals surface area contributed by atoms with Crippen molar-refractivity contribution in [1.29, 1.82) is 0 Å². The van der Waals surface area contributed by atoms with Crippen LogP contribution in [0.5, 0.6) is 5.75 Å². The number of rotatable bonds is 6. The molecule has 1 aliphatic rings. The maximum Gasteiger partial charge on any atom is 0.192 e. The van der Waals surface area contributed by atoms with E-state index in [1.54, 1.807) is 12.1 Å². The van der Waals surface area contributed by atoms with Gasteiger partial charge in [0.2, 0.25) is 0 Å². The molecule has 0 fully saturated rings. The number of hydrogen-bond acceptors (Lipinski definition) is 7. The molecule has 0 aromatic heterocycles. The Labute approximate surface area is 138 Å². The molecule has 8 heteroatoms. The summed E-state index contributed by atoms with van der Waals surface area (Å²) < 4.78 is 0. The van der Waals surface area contributed by atoms with Gasteiger partial charge in [0.1, 0.15) is 16.6 Å². The standard InChI is InChI=1S/C14H17ClN4O2S/c1-3-19(4-2)9-5-6-10(11(21)7-9)17-18-14-16-13(15)12(8-20)22-14/h5-8,14,16,21H,3-4H2,1-2H3. The molecule has 2 rings (SSSR count). The average molecular weight is 341 g/mol. The summed E-state index contributed by atoms with van der Waals surface area (Å²) in [6, 6.07) is 5.26. The lowest BCUT2D eigenvalue weighted by atomic mass is 10.2. The number of azo groups is 1. The molecule has 6 nitrogen and oxygen atoms in total. The number of phenolic OH excluding ortho intramolecular Hbond substituents is 1. The lowest BCUT2D eigenvalue weighted by Crippen LogP contribution is -2.21. The van der Waals surface area contributed by atoms with Crippen molar-refractivity contribution in [2.75, 3.05) is 18.0 Å². The van der Waals surface area contributed by atoms with Crippen molar-refractivity contribution in [2.45, 2.75) is 19.3 Å². The molecule has 1 atom stereocenters. The van der Waals surface area contributed by atoms with Crippen LogP contribution in [0.2, 0.25) is 0 Å². The third-order valence-corrected chi connectivity index (χ3v) is 4.58. The second kappa shape index (κ2) is 7.51. The molecule has 0 amide bonds. The van der Waals surface area contributed by atoms with Gasteiger partial charge in [-0.2, -0.15) is 5.11 Å². The molecule has 0 saturated carbocycles. The third kappa shape index (κ3) is 3.72. The highest BCUT2D eigenvalue weighted by molar-refractivity contribution is 8.04. The fraction of sp³-hybridized carbons (Fsp3) is 0.357. The number of benzene rings is 1. The van der Waals surface area contributed by atoms with E-state index in [9.17, 15) is 9.90 Å². The molecule has 1 aromatic carbocycles. The van der Waals surface area contributed by atoms with Gasteiger partial charge in [-0.1, -0.05) is 23.4 Å². The molecule has 1 heterocycles. The molecular formula is C14H17ClN4O2S. The van der Waals surface area contributed by atoms with Crippen molar-refractivity contribution >= 4 is 41.0 Å². The van der Waals surface area contributed by atoms with Crippen LogP contribution < -0.4 is 10.2 Å². The predicted octanol–water partition coefficient (Wildman–Crippen LogP) is 3.55. The Balaban J connectivity index is 2.08. The average Bonchev–Trinajstić information content (AvgIpc) is 2.88. The minimum Gasteiger partial charge on any atom is -0.506 e. The number of anilines is 1. The first-order valence-electron chi connectivity index (χ1n) is 6.86. The minimum absolute atomic E-state index is 0.0609. The molecule has 1 aromatic rings. The van der Waals surface area contributed by atoms with E-state index in [0.717, 1.165) is 18.8 Å². The van der Waals surface area contributed by atoms with Gasteiger partial charge in [-0.3, -0.25) is 4.79 Å². The molecule has 1 unspecified atom stereocenters. The second-order valence-corrected chi connectivity index (χ2v) is 5.97. The van der Waals surface area contributed by atoms with Crippen molar-refractivity contribution in [3.63, 3.8) is 0 Å². The fourth-order valence-electron chi connectivity index (χ4n) is 2.01. The van der Waals surface area contributed by atoms with Gasteiger partial charge in [0.15, 0.2) is 11.8 Å². The molecule has 0 bridgehead atoms. The first-order valence-corrected chi connectivity index (χ1v) is 8.11. The third-order valence-electron chi connectivity index (χ3n) is 3.17. The van der Waals surface area contributed by atoms with E-state index < -0.39 is 5.50 Å². The normalized spacial score (nSPS) is 17.9. The number of aldehydes is 1. The van der Waals surface area contributed by atoms with Gasteiger partial charge < -0.3 is 15.3 Å². The number of nitrogens with zero attached hydrogens (tertiary/aromatic N) is 3. The number of aromatic hydroxyl groups is 1. The largest absolute Gasteiger partial charge is 0.506 e. The van der Waals surface area contributed by atoms with E-state index in [1.807, 2.05) is 6.07 Å². The van der Waals surface area contributed by atoms with Crippen molar-refractivity contribution in [2.24, 2.45) is 10.2 Å². The Kier molecular flexibility index (Phi) is 5.68. The molecule has 118 valence electrons. The van der Waals surface area contributed by atoms with Crippen molar-refractivity contribution < 1.29 is 9.90 Å². The number of carbonyl (C=O) groups excluding carboxylic acids is 1. The molecule has 0 radical (unpaired) electrons. The Morgan fingerprint density at radius 3 is 2.73 bits per heavy atom. The summed E-state index contributed by atoms with van der Waals surface area (Å²) in [7, 11) is 0. The van der Waals surface area contributed by atoms with Crippen LogP contribution in [0.3, 0.4) is 0 Å². The summed E-state index contributed by atoms with van der Waals surface area (Å²) in [6.07, 6.45) is 0.672. The summed E-state index contributed by atoms with van der Waals surface area (Å²) in [5.74, 6) is 0.0609. The molecule has 0 spiro atoms. The smallest absolute Gasteiger partial charge is 0.192 e. The van der Waals surface area contributed by atoms with E-state index in [1.165, 1.54) is 11.8 Å². The van der Waals surface area contributed by atoms with Gasteiger partial charge in [0.05, 0.1) is 4.91 Å². The number of nitrogens with one attached hydrogen (secondary N) is 1. The van der Waals surface area contributed by atoms with Crippen molar-refractivity contribution in [3.8, 4) is 5.75 Å². The predicted molar refractivity (Wildman–Crippen MR) is 89.6 cm³/mol. The topological polar surface area (TPSA) is 77.3 Å². The van der Waals surface area contributed by atoms with Crippen LogP contribution in [0.4, 0.5) is 11.4 Å². The van der Waals surface area contributed by atoms with E-state index in [-0.39, 0.29) is 10.9 Å². The van der Waals surface area contributed by atoms with Crippen LogP contribution in [0, 0.1) is 0 Å². The SMILES string of the molecule is CCN(CC)c1ccc(N=NC2NC(Cl)=C(C=O)S2)c(O)c1. The summed E-state index contributed by atoms with van der Waals surface area (Å²) >= 11 is 7.01. The molecule has 0 saturated heterocycles. The number of phenols is 1. The Bertz CT molecular complexity index is 617. The molecule has 2 N–H and O–H groups in total. The van der Waals surface area contributed by atoms with Crippen LogP contribution in [0.15, 0.2) is 38.5 Å². The summed E-state index contributed by atoms with van der Waals surface area (Å²) in [5.41, 5.74) is 0.839. The molecule has 0 aliphatic carbocycles. The van der Waals surface area contributed by atoms with Crippen LogP contribution in [0.1, 0.15) is 13.8 Å². The maximum atomic E-state index is 10.7.